The maximum Gasteiger partial charge on any atom is 0.401 e. The van der Waals surface area contributed by atoms with Gasteiger partial charge in [0.15, 0.2) is 0 Å². The summed E-state index contributed by atoms with van der Waals surface area (Å²) in [5, 5.41) is 2.30. The third-order valence-electron chi connectivity index (χ3n) is 0.878. The van der Waals surface area contributed by atoms with E-state index in [1.54, 1.807) is 0 Å². The van der Waals surface area contributed by atoms with Crippen LogP contribution < -0.4 is 5.32 Å². The van der Waals surface area contributed by atoms with E-state index in [1.807, 2.05) is 13.8 Å². The van der Waals surface area contributed by atoms with Crippen molar-refractivity contribution in [2.24, 2.45) is 5.92 Å². The Morgan fingerprint density at radius 3 is 2.10 bits per heavy atom. The molecule has 10 heavy (non-hydrogen) atoms. The van der Waals surface area contributed by atoms with Crippen LogP contribution in [0.4, 0.5) is 13.2 Å². The lowest BCUT2D eigenvalue weighted by molar-refractivity contribution is -0.124. The second-order valence-corrected chi connectivity index (χ2v) is 2.64. The molecule has 0 saturated heterocycles. The molecule has 0 fully saturated rings. The summed E-state index contributed by atoms with van der Waals surface area (Å²) in [5.41, 5.74) is 0. The monoisotopic (exact) mass is 155 g/mol. The lowest BCUT2D eigenvalue weighted by atomic mass is 10.2. The van der Waals surface area contributed by atoms with Gasteiger partial charge in [0.1, 0.15) is 0 Å². The highest BCUT2D eigenvalue weighted by Crippen LogP contribution is 2.12. The van der Waals surface area contributed by atoms with Gasteiger partial charge in [-0.15, -0.1) is 0 Å². The average molecular weight is 155 g/mol. The first-order valence-corrected chi connectivity index (χ1v) is 3.19. The minimum Gasteiger partial charge on any atom is -0.308 e. The van der Waals surface area contributed by atoms with Crippen LogP contribution in [0.3, 0.4) is 0 Å². The van der Waals surface area contributed by atoms with Gasteiger partial charge in [0.25, 0.3) is 0 Å². The topological polar surface area (TPSA) is 12.0 Å². The highest BCUT2D eigenvalue weighted by Gasteiger charge is 2.25. The first kappa shape index (κ1) is 9.75. The van der Waals surface area contributed by atoms with Crippen LogP contribution in [-0.4, -0.2) is 19.3 Å². The average Bonchev–Trinajstić information content (AvgIpc) is 1.59. The lowest BCUT2D eigenvalue weighted by Crippen LogP contribution is -2.31. The molecule has 0 aliphatic rings. The van der Waals surface area contributed by atoms with E-state index in [4.69, 9.17) is 0 Å². The first-order valence-electron chi connectivity index (χ1n) is 3.19. The second-order valence-electron chi connectivity index (χ2n) is 2.64. The van der Waals surface area contributed by atoms with Gasteiger partial charge >= 0.3 is 6.18 Å². The van der Waals surface area contributed by atoms with Crippen molar-refractivity contribution >= 4 is 0 Å². The van der Waals surface area contributed by atoms with Crippen molar-refractivity contribution < 1.29 is 13.2 Å². The number of alkyl halides is 3. The molecular formula is C6H12F3N. The van der Waals surface area contributed by atoms with Crippen molar-refractivity contribution in [3.05, 3.63) is 0 Å². The van der Waals surface area contributed by atoms with Crippen LogP contribution in [0.1, 0.15) is 13.8 Å². The molecule has 0 spiro atoms. The zero-order valence-corrected chi connectivity index (χ0v) is 6.13. The summed E-state index contributed by atoms with van der Waals surface area (Å²) in [5.74, 6) is 0.266. The molecule has 4 heteroatoms. The molecule has 0 rings (SSSR count). The zero-order chi connectivity index (χ0) is 8.20. The number of halogens is 3. The third kappa shape index (κ3) is 7.75. The number of nitrogens with one attached hydrogen (secondary N) is 1. The van der Waals surface area contributed by atoms with Crippen LogP contribution in [0.15, 0.2) is 0 Å². The van der Waals surface area contributed by atoms with Gasteiger partial charge in [-0.1, -0.05) is 13.8 Å². The van der Waals surface area contributed by atoms with E-state index in [9.17, 15) is 13.2 Å². The number of rotatable bonds is 3. The maximum atomic E-state index is 11.4. The van der Waals surface area contributed by atoms with Crippen molar-refractivity contribution in [2.75, 3.05) is 13.1 Å². The van der Waals surface area contributed by atoms with Gasteiger partial charge in [0, 0.05) is 0 Å². The highest BCUT2D eigenvalue weighted by atomic mass is 19.4. The van der Waals surface area contributed by atoms with Crippen LogP contribution in [0.5, 0.6) is 0 Å². The summed E-state index contributed by atoms with van der Waals surface area (Å²) in [7, 11) is 0. The first-order chi connectivity index (χ1) is 4.42. The van der Waals surface area contributed by atoms with Gasteiger partial charge in [-0.3, -0.25) is 0 Å². The van der Waals surface area contributed by atoms with Gasteiger partial charge < -0.3 is 5.32 Å². The molecule has 0 amide bonds. The fraction of sp³-hybridized carbons (Fsp3) is 1.00. The van der Waals surface area contributed by atoms with E-state index < -0.39 is 12.7 Å². The third-order valence-corrected chi connectivity index (χ3v) is 0.878. The van der Waals surface area contributed by atoms with Gasteiger partial charge in [0.05, 0.1) is 6.54 Å². The predicted molar refractivity (Wildman–Crippen MR) is 33.8 cm³/mol. The SMILES string of the molecule is CC(C)CNCC(F)(F)F. The molecule has 0 saturated carbocycles. The molecule has 0 heterocycles. The fourth-order valence-electron chi connectivity index (χ4n) is 0.503. The van der Waals surface area contributed by atoms with E-state index in [-0.39, 0.29) is 5.92 Å². The van der Waals surface area contributed by atoms with E-state index in [2.05, 4.69) is 5.32 Å². The van der Waals surface area contributed by atoms with Crippen LogP contribution in [0.25, 0.3) is 0 Å². The molecule has 0 atom stereocenters. The summed E-state index contributed by atoms with van der Waals surface area (Å²) >= 11 is 0. The Morgan fingerprint density at radius 2 is 1.80 bits per heavy atom. The number of hydrogen-bond acceptors (Lipinski definition) is 1. The van der Waals surface area contributed by atoms with E-state index in [0.29, 0.717) is 6.54 Å². The summed E-state index contributed by atoms with van der Waals surface area (Å²) in [6, 6.07) is 0. The molecule has 62 valence electrons. The summed E-state index contributed by atoms with van der Waals surface area (Å²) in [6.45, 7) is 3.26. The predicted octanol–water partition coefficient (Wildman–Crippen LogP) is 1.79. The quantitative estimate of drug-likeness (QED) is 0.655. The van der Waals surface area contributed by atoms with E-state index in [1.165, 1.54) is 0 Å². The molecule has 0 aromatic carbocycles. The zero-order valence-electron chi connectivity index (χ0n) is 6.13. The van der Waals surface area contributed by atoms with Crippen molar-refractivity contribution in [2.45, 2.75) is 20.0 Å². The number of hydrogen-bond donors (Lipinski definition) is 1. The minimum atomic E-state index is -4.07. The Bertz CT molecular complexity index is 87.5. The van der Waals surface area contributed by atoms with Crippen LogP contribution in [-0.2, 0) is 0 Å². The molecule has 1 N–H and O–H groups in total. The van der Waals surface area contributed by atoms with Crippen molar-refractivity contribution in [3.63, 3.8) is 0 Å². The molecule has 0 aromatic heterocycles. The van der Waals surface area contributed by atoms with Gasteiger partial charge in [-0.2, -0.15) is 13.2 Å². The molecule has 1 nitrogen and oxygen atoms in total. The highest BCUT2D eigenvalue weighted by molar-refractivity contribution is 4.56. The molecular weight excluding hydrogens is 143 g/mol. The Morgan fingerprint density at radius 1 is 1.30 bits per heavy atom. The summed E-state index contributed by atoms with van der Waals surface area (Å²) in [4.78, 5) is 0. The van der Waals surface area contributed by atoms with E-state index in [0.717, 1.165) is 0 Å². The Kier molecular flexibility index (Phi) is 3.71. The second kappa shape index (κ2) is 3.81. The van der Waals surface area contributed by atoms with Crippen LogP contribution in [0.2, 0.25) is 0 Å². The molecule has 0 radical (unpaired) electrons. The molecule has 0 aliphatic heterocycles. The molecule has 0 bridgehead atoms. The van der Waals surface area contributed by atoms with Crippen LogP contribution in [0, 0.1) is 5.92 Å². The Labute approximate surface area is 58.6 Å². The van der Waals surface area contributed by atoms with Crippen molar-refractivity contribution in [3.8, 4) is 0 Å². The molecule has 0 aromatic rings. The molecule has 0 aliphatic carbocycles. The van der Waals surface area contributed by atoms with E-state index >= 15 is 0 Å². The largest absolute Gasteiger partial charge is 0.401 e. The minimum absolute atomic E-state index is 0.266. The summed E-state index contributed by atoms with van der Waals surface area (Å²) < 4.78 is 34.3. The normalized spacial score (nSPS) is 12.6. The fourth-order valence-corrected chi connectivity index (χ4v) is 0.503. The smallest absolute Gasteiger partial charge is 0.308 e. The standard InChI is InChI=1S/C6H12F3N/c1-5(2)3-10-4-6(7,8)9/h5,10H,3-4H2,1-2H3. The van der Waals surface area contributed by atoms with Crippen molar-refractivity contribution in [1.82, 2.24) is 5.32 Å². The van der Waals surface area contributed by atoms with Crippen molar-refractivity contribution in [1.29, 1.82) is 0 Å². The maximum absolute atomic E-state index is 11.4. The van der Waals surface area contributed by atoms with Gasteiger partial charge in [0.2, 0.25) is 0 Å². The Hall–Kier alpha value is -0.250. The lowest BCUT2D eigenvalue weighted by Gasteiger charge is -2.09. The summed E-state index contributed by atoms with van der Waals surface area (Å²) in [6.07, 6.45) is -4.07. The Balaban J connectivity index is 3.21. The van der Waals surface area contributed by atoms with Crippen LogP contribution >= 0.6 is 0 Å². The van der Waals surface area contributed by atoms with Gasteiger partial charge in [-0.05, 0) is 12.5 Å². The molecule has 0 unspecified atom stereocenters. The van der Waals surface area contributed by atoms with Gasteiger partial charge in [-0.25, -0.2) is 0 Å².